The van der Waals surface area contributed by atoms with Crippen molar-refractivity contribution in [3.8, 4) is 0 Å². The number of hydrogen-bond donors (Lipinski definition) is 1. The summed E-state index contributed by atoms with van der Waals surface area (Å²) in [5.74, 6) is -0.327. The maximum atomic E-state index is 12.0. The van der Waals surface area contributed by atoms with Crippen LogP contribution >= 0.6 is 0 Å². The van der Waals surface area contributed by atoms with Gasteiger partial charge in [-0.25, -0.2) is 17.5 Å². The third-order valence-corrected chi connectivity index (χ3v) is 5.24. The zero-order valence-electron chi connectivity index (χ0n) is 13.0. The molecule has 9 heteroatoms. The minimum Gasteiger partial charge on any atom is -0.448 e. The van der Waals surface area contributed by atoms with E-state index < -0.39 is 10.0 Å². The Bertz CT molecular complexity index is 685. The summed E-state index contributed by atoms with van der Waals surface area (Å²) < 4.78 is 29.8. The highest BCUT2D eigenvalue weighted by Crippen LogP contribution is 2.14. The molecular weight excluding hydrogens is 322 g/mol. The van der Waals surface area contributed by atoms with Crippen molar-refractivity contribution in [2.24, 2.45) is 0 Å². The van der Waals surface area contributed by atoms with Crippen molar-refractivity contribution in [3.63, 3.8) is 0 Å². The van der Waals surface area contributed by atoms with Gasteiger partial charge in [0.25, 0.3) is 5.91 Å². The molecule has 126 valence electrons. The molecule has 1 saturated heterocycles. The Morgan fingerprint density at radius 3 is 2.48 bits per heavy atom. The van der Waals surface area contributed by atoms with Gasteiger partial charge in [-0.05, 0) is 24.3 Å². The van der Waals surface area contributed by atoms with Crippen LogP contribution in [0.25, 0.3) is 0 Å². The third-order valence-electron chi connectivity index (χ3n) is 3.41. The van der Waals surface area contributed by atoms with Crippen molar-refractivity contribution >= 4 is 22.0 Å². The van der Waals surface area contributed by atoms with E-state index in [0.717, 1.165) is 4.31 Å². The van der Waals surface area contributed by atoms with Gasteiger partial charge in [0.2, 0.25) is 10.0 Å². The van der Waals surface area contributed by atoms with Gasteiger partial charge in [-0.2, -0.15) is 0 Å². The van der Waals surface area contributed by atoms with E-state index in [0.29, 0.717) is 31.8 Å². The molecule has 1 fully saturated rings. The zero-order chi connectivity index (χ0) is 17.0. The number of sulfonamides is 1. The van der Waals surface area contributed by atoms with Crippen molar-refractivity contribution in [2.45, 2.75) is 4.90 Å². The number of nitrogens with zero attached hydrogens (tertiary/aromatic N) is 2. The van der Waals surface area contributed by atoms with Crippen LogP contribution in [0.4, 0.5) is 4.79 Å². The van der Waals surface area contributed by atoms with E-state index >= 15 is 0 Å². The molecule has 8 nitrogen and oxygen atoms in total. The SMILES string of the molecule is CN(C)S(=O)(=O)c1ccc(C(=O)NCCN2CCOC2=O)cc1. The summed E-state index contributed by atoms with van der Waals surface area (Å²) in [6.07, 6.45) is -0.377. The second-order valence-electron chi connectivity index (χ2n) is 5.17. The summed E-state index contributed by atoms with van der Waals surface area (Å²) >= 11 is 0. The Morgan fingerprint density at radius 1 is 1.30 bits per heavy atom. The Kier molecular flexibility index (Phi) is 5.22. The molecule has 1 N–H and O–H groups in total. The van der Waals surface area contributed by atoms with Crippen LogP contribution < -0.4 is 5.32 Å². The summed E-state index contributed by atoms with van der Waals surface area (Å²) in [6.45, 7) is 1.56. The second-order valence-corrected chi connectivity index (χ2v) is 7.32. The van der Waals surface area contributed by atoms with Gasteiger partial charge in [-0.1, -0.05) is 0 Å². The largest absolute Gasteiger partial charge is 0.448 e. The summed E-state index contributed by atoms with van der Waals surface area (Å²) in [6, 6.07) is 5.69. The third kappa shape index (κ3) is 3.99. The molecule has 23 heavy (non-hydrogen) atoms. The van der Waals surface area contributed by atoms with Crippen LogP contribution in [0.5, 0.6) is 0 Å². The Balaban J connectivity index is 1.91. The van der Waals surface area contributed by atoms with Gasteiger partial charge in [-0.3, -0.25) is 4.79 Å². The smallest absolute Gasteiger partial charge is 0.409 e. The van der Waals surface area contributed by atoms with Crippen molar-refractivity contribution in [2.75, 3.05) is 40.3 Å². The first kappa shape index (κ1) is 17.2. The van der Waals surface area contributed by atoms with E-state index in [1.807, 2.05) is 0 Å². The van der Waals surface area contributed by atoms with Crippen LogP contribution in [-0.2, 0) is 14.8 Å². The summed E-state index contributed by atoms with van der Waals surface area (Å²) in [4.78, 5) is 24.9. The van der Waals surface area contributed by atoms with E-state index in [4.69, 9.17) is 4.74 Å². The van der Waals surface area contributed by atoms with Crippen LogP contribution in [0.15, 0.2) is 29.2 Å². The van der Waals surface area contributed by atoms with Crippen LogP contribution in [0.2, 0.25) is 0 Å². The molecule has 1 heterocycles. The van der Waals surface area contributed by atoms with Crippen LogP contribution in [0, 0.1) is 0 Å². The minimum absolute atomic E-state index is 0.124. The van der Waals surface area contributed by atoms with Crippen molar-refractivity contribution in [1.29, 1.82) is 0 Å². The molecule has 0 radical (unpaired) electrons. The average molecular weight is 341 g/mol. The number of carbonyl (C=O) groups is 2. The quantitative estimate of drug-likeness (QED) is 0.793. The molecule has 0 spiro atoms. The molecule has 0 unspecified atom stereocenters. The van der Waals surface area contributed by atoms with Gasteiger partial charge in [0.05, 0.1) is 11.4 Å². The lowest BCUT2D eigenvalue weighted by Gasteiger charge is -2.13. The predicted molar refractivity (Wildman–Crippen MR) is 82.6 cm³/mol. The molecule has 0 saturated carbocycles. The number of benzene rings is 1. The number of rotatable bonds is 6. The Hall–Kier alpha value is -2.13. The highest BCUT2D eigenvalue weighted by atomic mass is 32.2. The lowest BCUT2D eigenvalue weighted by atomic mass is 10.2. The Morgan fingerprint density at radius 2 is 1.96 bits per heavy atom. The monoisotopic (exact) mass is 341 g/mol. The van der Waals surface area contributed by atoms with Gasteiger partial charge in [-0.15, -0.1) is 0 Å². The maximum Gasteiger partial charge on any atom is 0.409 e. The van der Waals surface area contributed by atoms with Crippen molar-refractivity contribution in [3.05, 3.63) is 29.8 Å². The minimum atomic E-state index is -3.51. The van der Waals surface area contributed by atoms with E-state index in [-0.39, 0.29) is 16.9 Å². The van der Waals surface area contributed by atoms with Crippen molar-refractivity contribution in [1.82, 2.24) is 14.5 Å². The number of nitrogens with one attached hydrogen (secondary N) is 1. The predicted octanol–water partition coefficient (Wildman–Crippen LogP) is 0.119. The summed E-state index contributed by atoms with van der Waals surface area (Å²) in [5.41, 5.74) is 0.353. The van der Waals surface area contributed by atoms with Crippen LogP contribution in [0.3, 0.4) is 0 Å². The number of amides is 2. The molecule has 1 aliphatic heterocycles. The first-order valence-electron chi connectivity index (χ1n) is 7.05. The van der Waals surface area contributed by atoms with E-state index in [1.54, 1.807) is 0 Å². The fraction of sp³-hybridized carbons (Fsp3) is 0.429. The highest BCUT2D eigenvalue weighted by molar-refractivity contribution is 7.89. The fourth-order valence-electron chi connectivity index (χ4n) is 2.02. The zero-order valence-corrected chi connectivity index (χ0v) is 13.8. The molecule has 0 aromatic heterocycles. The lowest BCUT2D eigenvalue weighted by Crippen LogP contribution is -2.35. The molecule has 0 bridgehead atoms. The van der Waals surface area contributed by atoms with Gasteiger partial charge in [0.1, 0.15) is 6.61 Å². The van der Waals surface area contributed by atoms with E-state index in [2.05, 4.69) is 5.32 Å². The maximum absolute atomic E-state index is 12.0. The average Bonchev–Trinajstić information content (AvgIpc) is 2.92. The second kappa shape index (κ2) is 6.97. The molecule has 0 atom stereocenters. The van der Waals surface area contributed by atoms with Gasteiger partial charge >= 0.3 is 6.09 Å². The summed E-state index contributed by atoms with van der Waals surface area (Å²) in [7, 11) is -0.622. The van der Waals surface area contributed by atoms with E-state index in [9.17, 15) is 18.0 Å². The molecule has 1 aromatic rings. The van der Waals surface area contributed by atoms with Crippen molar-refractivity contribution < 1.29 is 22.7 Å². The first-order valence-corrected chi connectivity index (χ1v) is 8.49. The molecule has 2 rings (SSSR count). The first-order chi connectivity index (χ1) is 10.8. The topological polar surface area (TPSA) is 96.0 Å². The lowest BCUT2D eigenvalue weighted by molar-refractivity contribution is 0.0948. The molecular formula is C14H19N3O5S. The molecule has 1 aromatic carbocycles. The normalized spacial score (nSPS) is 14.9. The summed E-state index contributed by atoms with van der Waals surface area (Å²) in [5, 5.41) is 2.68. The molecule has 2 amide bonds. The fourth-order valence-corrected chi connectivity index (χ4v) is 2.93. The Labute approximate surface area is 135 Å². The number of carbonyl (C=O) groups excluding carboxylic acids is 2. The van der Waals surface area contributed by atoms with Crippen LogP contribution in [-0.4, -0.2) is 70.0 Å². The number of ether oxygens (including phenoxy) is 1. The number of cyclic esters (lactones) is 1. The molecule has 0 aliphatic carbocycles. The van der Waals surface area contributed by atoms with Gasteiger partial charge in [0.15, 0.2) is 0 Å². The standard InChI is InChI=1S/C14H19N3O5S/c1-16(2)23(20,21)12-5-3-11(4-6-12)13(18)15-7-8-17-9-10-22-14(17)19/h3-6H,7-10H2,1-2H3,(H,15,18). The van der Waals surface area contributed by atoms with E-state index in [1.165, 1.54) is 43.3 Å². The highest BCUT2D eigenvalue weighted by Gasteiger charge is 2.21. The van der Waals surface area contributed by atoms with Gasteiger partial charge < -0.3 is 15.0 Å². The number of hydrogen-bond acceptors (Lipinski definition) is 5. The molecule has 1 aliphatic rings. The van der Waals surface area contributed by atoms with Gasteiger partial charge in [0, 0.05) is 32.7 Å². The van der Waals surface area contributed by atoms with Crippen LogP contribution in [0.1, 0.15) is 10.4 Å².